The first-order valence-corrected chi connectivity index (χ1v) is 7.13. The fraction of sp³-hybridized carbons (Fsp3) is 0.133. The highest BCUT2D eigenvalue weighted by Crippen LogP contribution is 2.09. The van der Waals surface area contributed by atoms with E-state index in [0.717, 1.165) is 5.69 Å². The van der Waals surface area contributed by atoms with Crippen LogP contribution in [0.2, 0.25) is 0 Å². The SMILES string of the molecule is C=CCn1cc(NC(=O)C(=O)Nc2cnc3cc(C)nn3c2)cn1. The molecule has 2 N–H and O–H groups in total. The quantitative estimate of drug-likeness (QED) is 0.550. The highest BCUT2D eigenvalue weighted by atomic mass is 16.2. The number of allylic oxidation sites excluding steroid dienone is 1. The molecular formula is C15H15N7O2. The Hall–Kier alpha value is -3.49. The van der Waals surface area contributed by atoms with Crippen LogP contribution in [0.15, 0.2) is 43.5 Å². The van der Waals surface area contributed by atoms with Gasteiger partial charge in [0, 0.05) is 12.3 Å². The molecule has 0 aliphatic rings. The molecule has 0 saturated carbocycles. The summed E-state index contributed by atoms with van der Waals surface area (Å²) in [6.45, 7) is 5.95. The van der Waals surface area contributed by atoms with Gasteiger partial charge in [-0.05, 0) is 6.92 Å². The van der Waals surface area contributed by atoms with Gasteiger partial charge in [0.05, 0.1) is 42.2 Å². The van der Waals surface area contributed by atoms with E-state index in [2.05, 4.69) is 32.4 Å². The first-order valence-electron chi connectivity index (χ1n) is 7.13. The van der Waals surface area contributed by atoms with Crippen LogP contribution in [0.1, 0.15) is 5.69 Å². The van der Waals surface area contributed by atoms with E-state index in [-0.39, 0.29) is 0 Å². The van der Waals surface area contributed by atoms with Crippen LogP contribution in [0.25, 0.3) is 5.65 Å². The lowest BCUT2D eigenvalue weighted by Gasteiger charge is -2.05. The molecule has 0 aliphatic heterocycles. The lowest BCUT2D eigenvalue weighted by molar-refractivity contribution is -0.133. The number of carbonyl (C=O) groups is 2. The van der Waals surface area contributed by atoms with Gasteiger partial charge in [-0.15, -0.1) is 6.58 Å². The molecule has 3 aromatic heterocycles. The molecule has 3 aromatic rings. The van der Waals surface area contributed by atoms with E-state index < -0.39 is 11.8 Å². The van der Waals surface area contributed by atoms with Crippen LogP contribution >= 0.6 is 0 Å². The number of rotatable bonds is 4. The summed E-state index contributed by atoms with van der Waals surface area (Å²) >= 11 is 0. The number of nitrogens with one attached hydrogen (secondary N) is 2. The Kier molecular flexibility index (Phi) is 4.06. The van der Waals surface area contributed by atoms with Crippen LogP contribution < -0.4 is 10.6 Å². The van der Waals surface area contributed by atoms with Crippen molar-refractivity contribution in [2.24, 2.45) is 0 Å². The number of anilines is 2. The summed E-state index contributed by atoms with van der Waals surface area (Å²) in [5.74, 6) is -1.61. The van der Waals surface area contributed by atoms with Crippen LogP contribution in [0, 0.1) is 6.92 Å². The van der Waals surface area contributed by atoms with Crippen molar-refractivity contribution < 1.29 is 9.59 Å². The smallest absolute Gasteiger partial charge is 0.314 e. The van der Waals surface area contributed by atoms with Crippen LogP contribution in [0.4, 0.5) is 11.4 Å². The van der Waals surface area contributed by atoms with E-state index in [9.17, 15) is 9.59 Å². The zero-order valence-electron chi connectivity index (χ0n) is 12.9. The first-order chi connectivity index (χ1) is 11.5. The second-order valence-electron chi connectivity index (χ2n) is 5.08. The first kappa shape index (κ1) is 15.4. The average Bonchev–Trinajstić information content (AvgIpc) is 3.12. The van der Waals surface area contributed by atoms with Crippen LogP contribution in [0.3, 0.4) is 0 Å². The zero-order valence-corrected chi connectivity index (χ0v) is 12.9. The van der Waals surface area contributed by atoms with E-state index in [1.54, 1.807) is 29.2 Å². The summed E-state index contributed by atoms with van der Waals surface area (Å²) in [7, 11) is 0. The van der Waals surface area contributed by atoms with Crippen molar-refractivity contribution in [3.05, 3.63) is 49.2 Å². The molecule has 2 amide bonds. The number of hydrogen-bond donors (Lipinski definition) is 2. The molecule has 0 atom stereocenters. The van der Waals surface area contributed by atoms with E-state index in [0.29, 0.717) is 23.6 Å². The second kappa shape index (κ2) is 6.32. The fourth-order valence-electron chi connectivity index (χ4n) is 2.10. The van der Waals surface area contributed by atoms with Crippen LogP contribution in [-0.2, 0) is 16.1 Å². The van der Waals surface area contributed by atoms with Gasteiger partial charge in [0.15, 0.2) is 5.65 Å². The molecule has 0 aliphatic carbocycles. The van der Waals surface area contributed by atoms with Gasteiger partial charge in [0.25, 0.3) is 0 Å². The average molecular weight is 325 g/mol. The van der Waals surface area contributed by atoms with Gasteiger partial charge in [0.2, 0.25) is 0 Å². The highest BCUT2D eigenvalue weighted by molar-refractivity contribution is 6.43. The van der Waals surface area contributed by atoms with E-state index in [1.807, 2.05) is 6.92 Å². The minimum absolute atomic E-state index is 0.369. The summed E-state index contributed by atoms with van der Waals surface area (Å²) in [5, 5.41) is 13.2. The molecule has 0 fully saturated rings. The molecule has 0 aromatic carbocycles. The summed E-state index contributed by atoms with van der Waals surface area (Å²) < 4.78 is 3.11. The van der Waals surface area contributed by atoms with Crippen molar-refractivity contribution >= 4 is 28.8 Å². The van der Waals surface area contributed by atoms with E-state index in [1.165, 1.54) is 16.9 Å². The number of aromatic nitrogens is 5. The monoisotopic (exact) mass is 325 g/mol. The molecule has 122 valence electrons. The van der Waals surface area contributed by atoms with Crippen molar-refractivity contribution in [1.82, 2.24) is 24.4 Å². The number of aryl methyl sites for hydroxylation is 1. The van der Waals surface area contributed by atoms with Gasteiger partial charge in [0.1, 0.15) is 0 Å². The Labute approximate surface area is 137 Å². The van der Waals surface area contributed by atoms with Crippen molar-refractivity contribution in [2.75, 3.05) is 10.6 Å². The molecule has 24 heavy (non-hydrogen) atoms. The standard InChI is InChI=1S/C15H15N7O2/c1-3-4-21-8-12(7-17-21)19-15(24)14(23)18-11-6-16-13-5-10(2)20-22(13)9-11/h3,5-9H,1,4H2,2H3,(H,18,23)(H,19,24). The maximum Gasteiger partial charge on any atom is 0.314 e. The zero-order chi connectivity index (χ0) is 17.1. The lowest BCUT2D eigenvalue weighted by atomic mass is 10.4. The van der Waals surface area contributed by atoms with Gasteiger partial charge >= 0.3 is 11.8 Å². The Morgan fingerprint density at radius 2 is 1.92 bits per heavy atom. The van der Waals surface area contributed by atoms with Crippen molar-refractivity contribution in [3.8, 4) is 0 Å². The number of nitrogens with zero attached hydrogens (tertiary/aromatic N) is 5. The molecule has 0 radical (unpaired) electrons. The molecule has 0 saturated heterocycles. The predicted octanol–water partition coefficient (Wildman–Crippen LogP) is 0.997. The normalized spacial score (nSPS) is 10.5. The van der Waals surface area contributed by atoms with Crippen molar-refractivity contribution in [3.63, 3.8) is 0 Å². The minimum Gasteiger partial charge on any atom is -0.315 e. The maximum atomic E-state index is 12.0. The summed E-state index contributed by atoms with van der Waals surface area (Å²) in [6, 6.07) is 1.80. The third kappa shape index (κ3) is 3.29. The topological polar surface area (TPSA) is 106 Å². The lowest BCUT2D eigenvalue weighted by Crippen LogP contribution is -2.29. The van der Waals surface area contributed by atoms with E-state index >= 15 is 0 Å². The minimum atomic E-state index is -0.809. The molecule has 3 rings (SSSR count). The number of hydrogen-bond acceptors (Lipinski definition) is 5. The number of amides is 2. The second-order valence-corrected chi connectivity index (χ2v) is 5.08. The Balaban J connectivity index is 1.65. The Morgan fingerprint density at radius 3 is 2.62 bits per heavy atom. The largest absolute Gasteiger partial charge is 0.315 e. The molecule has 0 bridgehead atoms. The summed E-state index contributed by atoms with van der Waals surface area (Å²) in [5.41, 5.74) is 2.26. The third-order valence-corrected chi connectivity index (χ3v) is 3.11. The molecule has 0 spiro atoms. The van der Waals surface area contributed by atoms with Gasteiger partial charge < -0.3 is 10.6 Å². The van der Waals surface area contributed by atoms with Gasteiger partial charge in [-0.25, -0.2) is 9.50 Å². The number of fused-ring (bicyclic) bond motifs is 1. The molecule has 9 heteroatoms. The summed E-state index contributed by atoms with van der Waals surface area (Å²) in [6.07, 6.45) is 7.78. The van der Waals surface area contributed by atoms with E-state index in [4.69, 9.17) is 0 Å². The van der Waals surface area contributed by atoms with Crippen LogP contribution in [-0.4, -0.2) is 36.2 Å². The molecule has 0 unspecified atom stereocenters. The molecule has 9 nitrogen and oxygen atoms in total. The van der Waals surface area contributed by atoms with Gasteiger partial charge in [-0.1, -0.05) is 6.08 Å². The maximum absolute atomic E-state index is 12.0. The Bertz CT molecular complexity index is 925. The Morgan fingerprint density at radius 1 is 1.21 bits per heavy atom. The predicted molar refractivity (Wildman–Crippen MR) is 87.4 cm³/mol. The van der Waals surface area contributed by atoms with Crippen LogP contribution in [0.5, 0.6) is 0 Å². The van der Waals surface area contributed by atoms with Gasteiger partial charge in [-0.3, -0.25) is 14.3 Å². The summed E-state index contributed by atoms with van der Waals surface area (Å²) in [4.78, 5) is 28.0. The molecule has 3 heterocycles. The van der Waals surface area contributed by atoms with Crippen molar-refractivity contribution in [2.45, 2.75) is 13.5 Å². The fourth-order valence-corrected chi connectivity index (χ4v) is 2.10. The van der Waals surface area contributed by atoms with Crippen molar-refractivity contribution in [1.29, 1.82) is 0 Å². The highest BCUT2D eigenvalue weighted by Gasteiger charge is 2.15. The molecular weight excluding hydrogens is 310 g/mol. The third-order valence-electron chi connectivity index (χ3n) is 3.11. The number of carbonyl (C=O) groups excluding carboxylic acids is 2. The van der Waals surface area contributed by atoms with Gasteiger partial charge in [-0.2, -0.15) is 10.2 Å².